The highest BCUT2D eigenvalue weighted by Crippen LogP contribution is 2.35. The maximum atomic E-state index is 5.61. The first-order valence-corrected chi connectivity index (χ1v) is 9.02. The Bertz CT molecular complexity index is 1060. The number of aromatic nitrogens is 3. The first-order valence-electron chi connectivity index (χ1n) is 9.02. The van der Waals surface area contributed by atoms with Crippen LogP contribution in [0.2, 0.25) is 0 Å². The number of imidazole rings is 1. The summed E-state index contributed by atoms with van der Waals surface area (Å²) in [5.74, 6) is 1.45. The molecule has 0 saturated carbocycles. The van der Waals surface area contributed by atoms with Gasteiger partial charge in [0.2, 0.25) is 0 Å². The number of benzene rings is 2. The molecule has 0 fully saturated rings. The van der Waals surface area contributed by atoms with Gasteiger partial charge in [0, 0.05) is 29.1 Å². The van der Waals surface area contributed by atoms with E-state index in [1.54, 1.807) is 20.4 Å². The maximum absolute atomic E-state index is 5.61. The van der Waals surface area contributed by atoms with Gasteiger partial charge in [-0.05, 0) is 18.2 Å². The fourth-order valence-corrected chi connectivity index (χ4v) is 3.38. The Morgan fingerprint density at radius 1 is 0.857 bits per heavy atom. The minimum absolute atomic E-state index is 0.602. The molecule has 2 heterocycles. The predicted octanol–water partition coefficient (Wildman–Crippen LogP) is 4.68. The van der Waals surface area contributed by atoms with Crippen molar-refractivity contribution in [2.75, 3.05) is 14.2 Å². The van der Waals surface area contributed by atoms with Gasteiger partial charge in [0.1, 0.15) is 0 Å². The summed E-state index contributed by atoms with van der Waals surface area (Å²) in [6, 6.07) is 20.1. The van der Waals surface area contributed by atoms with Crippen LogP contribution in [0.3, 0.4) is 0 Å². The Morgan fingerprint density at radius 2 is 1.68 bits per heavy atom. The quantitative estimate of drug-likeness (QED) is 0.494. The molecule has 0 unspecified atom stereocenters. The molecule has 0 aliphatic heterocycles. The van der Waals surface area contributed by atoms with Gasteiger partial charge in [0.25, 0.3) is 0 Å². The van der Waals surface area contributed by atoms with Crippen molar-refractivity contribution >= 4 is 0 Å². The van der Waals surface area contributed by atoms with E-state index in [9.17, 15) is 0 Å². The largest absolute Gasteiger partial charge is 0.493 e. The second-order valence-electron chi connectivity index (χ2n) is 6.33. The monoisotopic (exact) mass is 371 g/mol. The second kappa shape index (κ2) is 7.96. The normalized spacial score (nSPS) is 10.6. The highest BCUT2D eigenvalue weighted by atomic mass is 16.5. The average molecular weight is 371 g/mol. The lowest BCUT2D eigenvalue weighted by molar-refractivity contribution is 0.351. The van der Waals surface area contributed by atoms with Crippen molar-refractivity contribution in [3.63, 3.8) is 0 Å². The minimum Gasteiger partial charge on any atom is -0.493 e. The predicted molar refractivity (Wildman–Crippen MR) is 110 cm³/mol. The van der Waals surface area contributed by atoms with Gasteiger partial charge in [-0.15, -0.1) is 0 Å². The van der Waals surface area contributed by atoms with Crippen molar-refractivity contribution in [1.82, 2.24) is 14.5 Å². The van der Waals surface area contributed by atoms with E-state index in [-0.39, 0.29) is 0 Å². The van der Waals surface area contributed by atoms with E-state index in [4.69, 9.17) is 14.5 Å². The zero-order chi connectivity index (χ0) is 19.3. The lowest BCUT2D eigenvalue weighted by Gasteiger charge is -2.15. The molecule has 140 valence electrons. The molecule has 0 spiro atoms. The standard InChI is InChI=1S/C23H21N3O2/c1-27-20-12-6-10-19(23(20)28-2)15-26-16-25-21(17-8-4-3-5-9-17)22(26)18-11-7-13-24-14-18/h3-14,16H,15H2,1-2H3. The van der Waals surface area contributed by atoms with Crippen molar-refractivity contribution in [2.24, 2.45) is 0 Å². The van der Waals surface area contributed by atoms with Gasteiger partial charge < -0.3 is 14.0 Å². The molecule has 0 atom stereocenters. The topological polar surface area (TPSA) is 49.2 Å². The van der Waals surface area contributed by atoms with Crippen LogP contribution in [0.1, 0.15) is 5.56 Å². The van der Waals surface area contributed by atoms with Crippen LogP contribution < -0.4 is 9.47 Å². The third-order valence-electron chi connectivity index (χ3n) is 4.65. The molecule has 0 saturated heterocycles. The van der Waals surface area contributed by atoms with Crippen molar-refractivity contribution in [1.29, 1.82) is 0 Å². The number of para-hydroxylation sites is 1. The van der Waals surface area contributed by atoms with E-state index in [0.717, 1.165) is 33.8 Å². The zero-order valence-electron chi connectivity index (χ0n) is 15.9. The van der Waals surface area contributed by atoms with Crippen LogP contribution in [0.15, 0.2) is 79.4 Å². The molecule has 0 aliphatic rings. The van der Waals surface area contributed by atoms with Crippen molar-refractivity contribution in [3.05, 3.63) is 84.9 Å². The number of nitrogens with zero attached hydrogens (tertiary/aromatic N) is 3. The summed E-state index contributed by atoms with van der Waals surface area (Å²) < 4.78 is 13.2. The number of hydrogen-bond acceptors (Lipinski definition) is 4. The Morgan fingerprint density at radius 3 is 2.39 bits per heavy atom. The van der Waals surface area contributed by atoms with Crippen LogP contribution in [-0.2, 0) is 6.54 Å². The number of methoxy groups -OCH3 is 2. The van der Waals surface area contributed by atoms with E-state index in [2.05, 4.69) is 27.8 Å². The molecule has 4 aromatic rings. The summed E-state index contributed by atoms with van der Waals surface area (Å²) >= 11 is 0. The molecule has 0 N–H and O–H groups in total. The molecule has 2 aromatic carbocycles. The van der Waals surface area contributed by atoms with Crippen LogP contribution in [0.25, 0.3) is 22.5 Å². The maximum Gasteiger partial charge on any atom is 0.165 e. The summed E-state index contributed by atoms with van der Waals surface area (Å²) in [6.45, 7) is 0.602. The molecule has 0 amide bonds. The molecule has 0 bridgehead atoms. The van der Waals surface area contributed by atoms with Gasteiger partial charge in [-0.25, -0.2) is 4.98 Å². The summed E-state index contributed by atoms with van der Waals surface area (Å²) in [5.41, 5.74) is 5.04. The first kappa shape index (κ1) is 17.8. The molecule has 0 radical (unpaired) electrons. The summed E-state index contributed by atoms with van der Waals surface area (Å²) in [4.78, 5) is 9.02. The van der Waals surface area contributed by atoms with Crippen molar-refractivity contribution < 1.29 is 9.47 Å². The Balaban J connectivity index is 1.84. The van der Waals surface area contributed by atoms with Gasteiger partial charge in [0.15, 0.2) is 11.5 Å². The van der Waals surface area contributed by atoms with Gasteiger partial charge in [-0.1, -0.05) is 42.5 Å². The van der Waals surface area contributed by atoms with Crippen LogP contribution in [0, 0.1) is 0 Å². The van der Waals surface area contributed by atoms with Crippen molar-refractivity contribution in [3.8, 4) is 34.0 Å². The fraction of sp³-hybridized carbons (Fsp3) is 0.130. The third kappa shape index (κ3) is 3.34. The van der Waals surface area contributed by atoms with Gasteiger partial charge >= 0.3 is 0 Å². The number of rotatable bonds is 6. The first-order chi connectivity index (χ1) is 13.8. The van der Waals surface area contributed by atoms with Gasteiger partial charge in [-0.2, -0.15) is 0 Å². The number of pyridine rings is 1. The van der Waals surface area contributed by atoms with Crippen LogP contribution in [-0.4, -0.2) is 28.8 Å². The molecule has 28 heavy (non-hydrogen) atoms. The van der Waals surface area contributed by atoms with E-state index in [1.807, 2.05) is 55.0 Å². The van der Waals surface area contributed by atoms with Crippen LogP contribution in [0.4, 0.5) is 0 Å². The van der Waals surface area contributed by atoms with Crippen LogP contribution >= 0.6 is 0 Å². The molecule has 4 rings (SSSR count). The van der Waals surface area contributed by atoms with Crippen molar-refractivity contribution in [2.45, 2.75) is 6.54 Å². The highest BCUT2D eigenvalue weighted by molar-refractivity contribution is 5.78. The lowest BCUT2D eigenvalue weighted by atomic mass is 10.1. The second-order valence-corrected chi connectivity index (χ2v) is 6.33. The van der Waals surface area contributed by atoms with E-state index in [1.165, 1.54) is 0 Å². The third-order valence-corrected chi connectivity index (χ3v) is 4.65. The Hall–Kier alpha value is -3.60. The van der Waals surface area contributed by atoms with Crippen LogP contribution in [0.5, 0.6) is 11.5 Å². The average Bonchev–Trinajstić information content (AvgIpc) is 3.18. The molecular weight excluding hydrogens is 350 g/mol. The fourth-order valence-electron chi connectivity index (χ4n) is 3.38. The molecule has 5 nitrogen and oxygen atoms in total. The zero-order valence-corrected chi connectivity index (χ0v) is 15.9. The summed E-state index contributed by atoms with van der Waals surface area (Å²) in [6.07, 6.45) is 5.50. The lowest BCUT2D eigenvalue weighted by Crippen LogP contribution is -2.04. The Kier molecular flexibility index (Phi) is 5.06. The number of ether oxygens (including phenoxy) is 2. The molecular formula is C23H21N3O2. The number of hydrogen-bond donors (Lipinski definition) is 0. The van der Waals surface area contributed by atoms with E-state index < -0.39 is 0 Å². The van der Waals surface area contributed by atoms with E-state index >= 15 is 0 Å². The van der Waals surface area contributed by atoms with E-state index in [0.29, 0.717) is 12.3 Å². The Labute approximate surface area is 164 Å². The SMILES string of the molecule is COc1cccc(Cn2cnc(-c3ccccc3)c2-c2cccnc2)c1OC. The molecule has 2 aromatic heterocycles. The molecule has 0 aliphatic carbocycles. The molecule has 5 heteroatoms. The minimum atomic E-state index is 0.602. The summed E-state index contributed by atoms with van der Waals surface area (Å²) in [5, 5.41) is 0. The van der Waals surface area contributed by atoms with Gasteiger partial charge in [0.05, 0.1) is 38.5 Å². The highest BCUT2D eigenvalue weighted by Gasteiger charge is 2.17. The van der Waals surface area contributed by atoms with Gasteiger partial charge in [-0.3, -0.25) is 4.98 Å². The summed E-state index contributed by atoms with van der Waals surface area (Å²) in [7, 11) is 3.31. The smallest absolute Gasteiger partial charge is 0.165 e.